The van der Waals surface area contributed by atoms with Crippen molar-refractivity contribution < 1.29 is 39.7 Å². The maximum absolute atomic E-state index is 10.3. The number of hydrogen-bond donors (Lipinski definition) is 1. The number of rotatable bonds is 1. The van der Waals surface area contributed by atoms with Crippen molar-refractivity contribution in [2.45, 2.75) is 4.90 Å². The molecule has 1 rings (SSSR count). The number of hydrogen-bond acceptors (Lipinski definition) is 1. The van der Waals surface area contributed by atoms with Crippen LogP contribution in [-0.2, 0) is 11.1 Å². The second-order valence-electron chi connectivity index (χ2n) is 1.56. The first-order valence-electron chi connectivity index (χ1n) is 2.46. The van der Waals surface area contributed by atoms with E-state index in [4.69, 9.17) is 4.55 Å². The second kappa shape index (κ2) is 5.04. The summed E-state index contributed by atoms with van der Waals surface area (Å²) in [6.45, 7) is 0. The Hall–Kier alpha value is 0.330. The molecule has 50 valence electrons. The molecule has 0 saturated carbocycles. The molecular formula is C6H7NaO2S. The topological polar surface area (TPSA) is 37.3 Å². The van der Waals surface area contributed by atoms with Crippen molar-refractivity contribution in [1.29, 1.82) is 0 Å². The third-order valence-electron chi connectivity index (χ3n) is 0.945. The normalized spacial score (nSPS) is 11.7. The van der Waals surface area contributed by atoms with Gasteiger partial charge in [0.15, 0.2) is 11.1 Å². The Morgan fingerprint density at radius 1 is 1.30 bits per heavy atom. The van der Waals surface area contributed by atoms with E-state index in [1.807, 2.05) is 0 Å². The van der Waals surface area contributed by atoms with Crippen LogP contribution < -0.4 is 29.6 Å². The zero-order chi connectivity index (χ0) is 6.69. The quantitative estimate of drug-likeness (QED) is 0.402. The van der Waals surface area contributed by atoms with Gasteiger partial charge >= 0.3 is 29.6 Å². The van der Waals surface area contributed by atoms with Gasteiger partial charge in [-0.3, -0.25) is 0 Å². The predicted octanol–water partition coefficient (Wildman–Crippen LogP) is -1.62. The minimum Gasteiger partial charge on any atom is -1.00 e. The van der Waals surface area contributed by atoms with Crippen LogP contribution in [0.2, 0.25) is 0 Å². The minimum absolute atomic E-state index is 0. The Labute approximate surface area is 85.7 Å². The fourth-order valence-corrected chi connectivity index (χ4v) is 0.927. The molecule has 0 saturated heterocycles. The van der Waals surface area contributed by atoms with Crippen molar-refractivity contribution in [3.8, 4) is 0 Å². The van der Waals surface area contributed by atoms with E-state index in [2.05, 4.69) is 0 Å². The van der Waals surface area contributed by atoms with Crippen LogP contribution in [0, 0.1) is 0 Å². The molecule has 0 heterocycles. The average molecular weight is 166 g/mol. The first-order valence-corrected chi connectivity index (χ1v) is 3.57. The molecule has 1 aromatic carbocycles. The zero-order valence-corrected chi connectivity index (χ0v) is 8.47. The molecule has 2 nitrogen and oxygen atoms in total. The van der Waals surface area contributed by atoms with Crippen molar-refractivity contribution in [2.75, 3.05) is 0 Å². The Kier molecular flexibility index (Phi) is 5.21. The predicted molar refractivity (Wildman–Crippen MR) is 36.6 cm³/mol. The summed E-state index contributed by atoms with van der Waals surface area (Å²) in [4.78, 5) is 0.442. The SMILES string of the molecule is O=S(O)c1ccccc1.[H-].[Na+]. The van der Waals surface area contributed by atoms with E-state index in [1.54, 1.807) is 30.3 Å². The van der Waals surface area contributed by atoms with E-state index in [1.165, 1.54) is 0 Å². The summed E-state index contributed by atoms with van der Waals surface area (Å²) in [7, 11) is 0. The van der Waals surface area contributed by atoms with Gasteiger partial charge in [-0.2, -0.15) is 0 Å². The van der Waals surface area contributed by atoms with Crippen molar-refractivity contribution >= 4 is 11.1 Å². The molecule has 0 aromatic heterocycles. The summed E-state index contributed by atoms with van der Waals surface area (Å²) < 4.78 is 18.8. The van der Waals surface area contributed by atoms with Crippen LogP contribution in [-0.4, -0.2) is 8.76 Å². The van der Waals surface area contributed by atoms with Gasteiger partial charge in [0.2, 0.25) is 0 Å². The fraction of sp³-hybridized carbons (Fsp3) is 0. The second-order valence-corrected chi connectivity index (χ2v) is 2.53. The van der Waals surface area contributed by atoms with Gasteiger partial charge in [-0.15, -0.1) is 0 Å². The van der Waals surface area contributed by atoms with Gasteiger partial charge in [-0.25, -0.2) is 4.21 Å². The monoisotopic (exact) mass is 166 g/mol. The molecule has 0 bridgehead atoms. The van der Waals surface area contributed by atoms with Crippen LogP contribution in [0.1, 0.15) is 1.43 Å². The molecule has 10 heavy (non-hydrogen) atoms. The van der Waals surface area contributed by atoms with Gasteiger partial charge in [0.1, 0.15) is 0 Å². The van der Waals surface area contributed by atoms with Gasteiger partial charge in [0, 0.05) is 0 Å². The van der Waals surface area contributed by atoms with Crippen LogP contribution in [0.25, 0.3) is 0 Å². The van der Waals surface area contributed by atoms with Crippen LogP contribution in [0.4, 0.5) is 0 Å². The molecule has 0 aliphatic heterocycles. The van der Waals surface area contributed by atoms with E-state index in [9.17, 15) is 4.21 Å². The van der Waals surface area contributed by atoms with E-state index in [0.717, 1.165) is 0 Å². The molecule has 1 aromatic rings. The van der Waals surface area contributed by atoms with Gasteiger partial charge in [0.25, 0.3) is 0 Å². The molecule has 0 fully saturated rings. The van der Waals surface area contributed by atoms with E-state index < -0.39 is 11.1 Å². The van der Waals surface area contributed by atoms with Crippen molar-refractivity contribution in [3.63, 3.8) is 0 Å². The van der Waals surface area contributed by atoms with Crippen molar-refractivity contribution in [3.05, 3.63) is 30.3 Å². The largest absolute Gasteiger partial charge is 1.00 e. The molecule has 0 aliphatic rings. The van der Waals surface area contributed by atoms with Gasteiger partial charge in [-0.1, -0.05) is 18.2 Å². The van der Waals surface area contributed by atoms with Crippen LogP contribution in [0.15, 0.2) is 35.2 Å². The Balaban J connectivity index is 0. The van der Waals surface area contributed by atoms with Crippen LogP contribution in [0.5, 0.6) is 0 Å². The third kappa shape index (κ3) is 2.94. The molecule has 4 heteroatoms. The van der Waals surface area contributed by atoms with E-state index in [0.29, 0.717) is 4.90 Å². The fourth-order valence-electron chi connectivity index (χ4n) is 0.537. The molecule has 0 spiro atoms. The first-order chi connectivity index (χ1) is 4.30. The molecule has 1 unspecified atom stereocenters. The molecular weight excluding hydrogens is 159 g/mol. The van der Waals surface area contributed by atoms with Gasteiger partial charge < -0.3 is 5.98 Å². The standard InChI is InChI=1S/C6H6O2S.Na.H/c7-9(8)6-4-2-1-3-5-6;;/h1-5H,(H,7,8);;/q;+1;-1. The number of benzene rings is 1. The molecule has 0 amide bonds. The smallest absolute Gasteiger partial charge is 1.00 e. The molecule has 0 radical (unpaired) electrons. The first kappa shape index (κ1) is 10.3. The average Bonchev–Trinajstić information content (AvgIpc) is 1.90. The van der Waals surface area contributed by atoms with Crippen molar-refractivity contribution in [2.24, 2.45) is 0 Å². The summed E-state index contributed by atoms with van der Waals surface area (Å²) in [6.07, 6.45) is 0. The summed E-state index contributed by atoms with van der Waals surface area (Å²) in [5.41, 5.74) is 0. The van der Waals surface area contributed by atoms with Crippen molar-refractivity contribution in [1.82, 2.24) is 0 Å². The third-order valence-corrected chi connectivity index (χ3v) is 1.62. The maximum Gasteiger partial charge on any atom is 1.00 e. The summed E-state index contributed by atoms with van der Waals surface area (Å²) >= 11 is -1.83. The van der Waals surface area contributed by atoms with E-state index in [-0.39, 0.29) is 31.0 Å². The molecule has 1 N–H and O–H groups in total. The van der Waals surface area contributed by atoms with E-state index >= 15 is 0 Å². The Bertz CT molecular complexity index is 217. The summed E-state index contributed by atoms with van der Waals surface area (Å²) in [5.74, 6) is 0. The minimum atomic E-state index is -1.83. The zero-order valence-electron chi connectivity index (χ0n) is 6.65. The summed E-state index contributed by atoms with van der Waals surface area (Å²) in [6, 6.07) is 8.47. The Morgan fingerprint density at radius 3 is 2.10 bits per heavy atom. The van der Waals surface area contributed by atoms with Gasteiger partial charge in [-0.05, 0) is 12.1 Å². The Morgan fingerprint density at radius 2 is 1.80 bits per heavy atom. The van der Waals surface area contributed by atoms with Crippen LogP contribution >= 0.6 is 0 Å². The van der Waals surface area contributed by atoms with Crippen LogP contribution in [0.3, 0.4) is 0 Å². The maximum atomic E-state index is 10.3. The summed E-state index contributed by atoms with van der Waals surface area (Å²) in [5, 5.41) is 0. The molecule has 0 aliphatic carbocycles. The molecule has 1 atom stereocenters. The van der Waals surface area contributed by atoms with Gasteiger partial charge in [0.05, 0.1) is 4.90 Å².